The van der Waals surface area contributed by atoms with Crippen LogP contribution in [0.15, 0.2) is 66.7 Å². The van der Waals surface area contributed by atoms with Crippen LogP contribution in [0.2, 0.25) is 0 Å². The van der Waals surface area contributed by atoms with Gasteiger partial charge in [0.1, 0.15) is 28.7 Å². The molecule has 0 radical (unpaired) electrons. The third-order valence-electron chi connectivity index (χ3n) is 3.72. The minimum atomic E-state index is -4.58. The average molecular weight is 393 g/mol. The summed E-state index contributed by atoms with van der Waals surface area (Å²) in [6.45, 7) is 0. The van der Waals surface area contributed by atoms with Crippen LogP contribution in [0.4, 0.5) is 27.6 Å². The van der Waals surface area contributed by atoms with E-state index in [4.69, 9.17) is 4.74 Å². The van der Waals surface area contributed by atoms with Gasteiger partial charge in [-0.05, 0) is 48.5 Å². The van der Waals surface area contributed by atoms with Gasteiger partial charge in [-0.25, -0.2) is 8.78 Å². The standard InChI is InChI=1S/C20H12F5NO2/c21-15-5-3-6-16(22)18(15)19(27)26-12-8-10-13(11-9-12)28-17-7-2-1-4-14(17)20(23,24)25/h1-11H,(H,26,27). The first-order chi connectivity index (χ1) is 13.3. The van der Waals surface area contributed by atoms with Crippen molar-refractivity contribution in [3.05, 3.63) is 89.5 Å². The van der Waals surface area contributed by atoms with Crippen LogP contribution in [-0.4, -0.2) is 5.91 Å². The van der Waals surface area contributed by atoms with Crippen LogP contribution in [0.1, 0.15) is 15.9 Å². The molecule has 0 spiro atoms. The van der Waals surface area contributed by atoms with Crippen molar-refractivity contribution in [2.45, 2.75) is 6.18 Å². The molecule has 0 saturated carbocycles. The Morgan fingerprint density at radius 3 is 2.04 bits per heavy atom. The molecule has 0 saturated heterocycles. The lowest BCUT2D eigenvalue weighted by Crippen LogP contribution is -2.15. The molecule has 0 aromatic heterocycles. The molecule has 0 bridgehead atoms. The number of para-hydroxylation sites is 1. The predicted molar refractivity (Wildman–Crippen MR) is 92.3 cm³/mol. The van der Waals surface area contributed by atoms with E-state index in [0.717, 1.165) is 24.3 Å². The van der Waals surface area contributed by atoms with E-state index in [0.29, 0.717) is 0 Å². The minimum Gasteiger partial charge on any atom is -0.457 e. The van der Waals surface area contributed by atoms with E-state index in [-0.39, 0.29) is 17.2 Å². The maximum Gasteiger partial charge on any atom is 0.419 e. The number of rotatable bonds is 4. The van der Waals surface area contributed by atoms with Crippen molar-refractivity contribution in [3.63, 3.8) is 0 Å². The predicted octanol–water partition coefficient (Wildman–Crippen LogP) is 6.03. The van der Waals surface area contributed by atoms with Crippen molar-refractivity contribution in [1.82, 2.24) is 0 Å². The van der Waals surface area contributed by atoms with Crippen LogP contribution in [0.5, 0.6) is 11.5 Å². The number of hydrogen-bond donors (Lipinski definition) is 1. The van der Waals surface area contributed by atoms with E-state index in [1.54, 1.807) is 0 Å². The van der Waals surface area contributed by atoms with Gasteiger partial charge < -0.3 is 10.1 Å². The molecular weight excluding hydrogens is 381 g/mol. The molecule has 28 heavy (non-hydrogen) atoms. The van der Waals surface area contributed by atoms with Crippen LogP contribution in [0.3, 0.4) is 0 Å². The van der Waals surface area contributed by atoms with Crippen molar-refractivity contribution in [3.8, 4) is 11.5 Å². The lowest BCUT2D eigenvalue weighted by Gasteiger charge is -2.14. The van der Waals surface area contributed by atoms with E-state index in [2.05, 4.69) is 5.32 Å². The average Bonchev–Trinajstić information content (AvgIpc) is 2.63. The first-order valence-electron chi connectivity index (χ1n) is 7.95. The smallest absolute Gasteiger partial charge is 0.419 e. The summed E-state index contributed by atoms with van der Waals surface area (Å²) in [4.78, 5) is 12.0. The monoisotopic (exact) mass is 393 g/mol. The van der Waals surface area contributed by atoms with E-state index < -0.39 is 34.8 Å². The molecule has 0 fully saturated rings. The molecule has 8 heteroatoms. The van der Waals surface area contributed by atoms with Gasteiger partial charge in [0.2, 0.25) is 0 Å². The van der Waals surface area contributed by atoms with Crippen LogP contribution in [0.25, 0.3) is 0 Å². The fraction of sp³-hybridized carbons (Fsp3) is 0.0500. The summed E-state index contributed by atoms with van der Waals surface area (Å²) < 4.78 is 71.5. The molecule has 3 rings (SSSR count). The minimum absolute atomic E-state index is 0.0896. The van der Waals surface area contributed by atoms with Gasteiger partial charge in [-0.3, -0.25) is 4.79 Å². The summed E-state index contributed by atoms with van der Waals surface area (Å²) in [5.41, 5.74) is -1.48. The zero-order chi connectivity index (χ0) is 20.3. The second kappa shape index (κ2) is 7.67. The molecule has 1 amide bonds. The van der Waals surface area contributed by atoms with Crippen molar-refractivity contribution in [1.29, 1.82) is 0 Å². The molecule has 0 heterocycles. The number of amides is 1. The second-order valence-corrected chi connectivity index (χ2v) is 5.67. The van der Waals surface area contributed by atoms with Gasteiger partial charge in [0, 0.05) is 5.69 Å². The highest BCUT2D eigenvalue weighted by Gasteiger charge is 2.34. The normalized spacial score (nSPS) is 11.2. The number of hydrogen-bond acceptors (Lipinski definition) is 2. The third-order valence-corrected chi connectivity index (χ3v) is 3.72. The second-order valence-electron chi connectivity index (χ2n) is 5.67. The molecule has 144 valence electrons. The highest BCUT2D eigenvalue weighted by molar-refractivity contribution is 6.04. The number of ether oxygens (including phenoxy) is 1. The summed E-state index contributed by atoms with van der Waals surface area (Å²) in [6, 6.07) is 13.1. The molecule has 0 aliphatic carbocycles. The maximum absolute atomic E-state index is 13.6. The number of nitrogens with one attached hydrogen (secondary N) is 1. The first-order valence-corrected chi connectivity index (χ1v) is 7.95. The Morgan fingerprint density at radius 1 is 0.821 bits per heavy atom. The summed E-state index contributed by atoms with van der Waals surface area (Å²) in [7, 11) is 0. The van der Waals surface area contributed by atoms with E-state index in [1.807, 2.05) is 0 Å². The third kappa shape index (κ3) is 4.28. The fourth-order valence-corrected chi connectivity index (χ4v) is 2.43. The zero-order valence-electron chi connectivity index (χ0n) is 14.1. The van der Waals surface area contributed by atoms with Gasteiger partial charge in [-0.2, -0.15) is 13.2 Å². The Kier molecular flexibility index (Phi) is 5.30. The van der Waals surface area contributed by atoms with Gasteiger partial charge >= 0.3 is 6.18 Å². The van der Waals surface area contributed by atoms with Crippen LogP contribution in [0, 0.1) is 11.6 Å². The number of carbonyl (C=O) groups is 1. The zero-order valence-corrected chi connectivity index (χ0v) is 14.1. The van der Waals surface area contributed by atoms with Crippen molar-refractivity contribution >= 4 is 11.6 Å². The quantitative estimate of drug-likeness (QED) is 0.550. The highest BCUT2D eigenvalue weighted by atomic mass is 19.4. The highest BCUT2D eigenvalue weighted by Crippen LogP contribution is 2.38. The largest absolute Gasteiger partial charge is 0.457 e. The molecule has 3 aromatic carbocycles. The van der Waals surface area contributed by atoms with Gasteiger partial charge in [0.05, 0.1) is 5.56 Å². The Morgan fingerprint density at radius 2 is 1.43 bits per heavy atom. The fourth-order valence-electron chi connectivity index (χ4n) is 2.43. The molecule has 0 aliphatic heterocycles. The number of carbonyl (C=O) groups excluding carboxylic acids is 1. The topological polar surface area (TPSA) is 38.3 Å². The number of alkyl halides is 3. The Labute approximate surface area is 156 Å². The van der Waals surface area contributed by atoms with Crippen LogP contribution < -0.4 is 10.1 Å². The van der Waals surface area contributed by atoms with Crippen molar-refractivity contribution < 1.29 is 31.5 Å². The van der Waals surface area contributed by atoms with Gasteiger partial charge in [0.25, 0.3) is 5.91 Å². The molecule has 0 unspecified atom stereocenters. The lowest BCUT2D eigenvalue weighted by atomic mass is 10.1. The SMILES string of the molecule is O=C(Nc1ccc(Oc2ccccc2C(F)(F)F)cc1)c1c(F)cccc1F. The van der Waals surface area contributed by atoms with E-state index in [9.17, 15) is 26.7 Å². The Hall–Kier alpha value is -3.42. The van der Waals surface area contributed by atoms with Gasteiger partial charge in [-0.1, -0.05) is 18.2 Å². The number of anilines is 1. The molecular formula is C20H12F5NO2. The Balaban J connectivity index is 1.76. The summed E-state index contributed by atoms with van der Waals surface area (Å²) >= 11 is 0. The molecule has 0 atom stereocenters. The maximum atomic E-state index is 13.6. The van der Waals surface area contributed by atoms with E-state index in [1.165, 1.54) is 42.5 Å². The molecule has 3 aromatic rings. The summed E-state index contributed by atoms with van der Waals surface area (Å²) in [5, 5.41) is 2.31. The molecule has 0 aliphatic rings. The number of halogens is 5. The van der Waals surface area contributed by atoms with Gasteiger partial charge in [0.15, 0.2) is 0 Å². The molecule has 3 nitrogen and oxygen atoms in total. The molecule has 1 N–H and O–H groups in total. The van der Waals surface area contributed by atoms with Crippen LogP contribution >= 0.6 is 0 Å². The van der Waals surface area contributed by atoms with E-state index >= 15 is 0 Å². The van der Waals surface area contributed by atoms with Crippen molar-refractivity contribution in [2.75, 3.05) is 5.32 Å². The summed E-state index contributed by atoms with van der Waals surface area (Å²) in [5.74, 6) is -3.30. The van der Waals surface area contributed by atoms with Crippen LogP contribution in [-0.2, 0) is 6.18 Å². The van der Waals surface area contributed by atoms with Gasteiger partial charge in [-0.15, -0.1) is 0 Å². The lowest BCUT2D eigenvalue weighted by molar-refractivity contribution is -0.138. The van der Waals surface area contributed by atoms with Crippen molar-refractivity contribution in [2.24, 2.45) is 0 Å². The number of benzene rings is 3. The summed E-state index contributed by atoms with van der Waals surface area (Å²) in [6.07, 6.45) is -4.58. The Bertz CT molecular complexity index is 980. The first kappa shape index (κ1) is 19.3.